The standard InChI is InChI=1S/C14H18INO/c1-9-5-3-7-12(14(9)15)16-11-6-4-8-13(17)10(11)2/h3,5,7,10-11,16H,4,6,8H2,1-2H3. The first-order chi connectivity index (χ1) is 8.09. The Morgan fingerprint density at radius 1 is 1.41 bits per heavy atom. The molecule has 92 valence electrons. The second kappa shape index (κ2) is 5.38. The van der Waals surface area contributed by atoms with E-state index >= 15 is 0 Å². The van der Waals surface area contributed by atoms with E-state index in [-0.39, 0.29) is 5.92 Å². The van der Waals surface area contributed by atoms with Gasteiger partial charge in [-0.2, -0.15) is 0 Å². The monoisotopic (exact) mass is 343 g/mol. The molecule has 0 saturated heterocycles. The third-order valence-electron chi connectivity index (χ3n) is 3.58. The lowest BCUT2D eigenvalue weighted by Crippen LogP contribution is -2.36. The molecule has 0 heterocycles. The summed E-state index contributed by atoms with van der Waals surface area (Å²) in [5, 5.41) is 3.54. The number of aryl methyl sites for hydroxylation is 1. The summed E-state index contributed by atoms with van der Waals surface area (Å²) in [7, 11) is 0. The van der Waals surface area contributed by atoms with E-state index < -0.39 is 0 Å². The van der Waals surface area contributed by atoms with E-state index in [4.69, 9.17) is 0 Å². The third kappa shape index (κ3) is 2.81. The molecular formula is C14H18INO. The van der Waals surface area contributed by atoms with Crippen LogP contribution in [0.3, 0.4) is 0 Å². The summed E-state index contributed by atoms with van der Waals surface area (Å²) in [6, 6.07) is 6.57. The number of Topliss-reactive ketones (excluding diaryl/α,β-unsaturated/α-hetero) is 1. The Kier molecular flexibility index (Phi) is 4.07. The molecule has 1 aliphatic rings. The SMILES string of the molecule is Cc1cccc(NC2CCCC(=O)C2C)c1I. The molecule has 0 radical (unpaired) electrons. The Hall–Kier alpha value is -0.580. The summed E-state index contributed by atoms with van der Waals surface area (Å²) in [5.41, 5.74) is 2.45. The molecule has 0 spiro atoms. The average molecular weight is 343 g/mol. The number of carbonyl (C=O) groups is 1. The number of anilines is 1. The van der Waals surface area contributed by atoms with Gasteiger partial charge in [0.05, 0.1) is 0 Å². The van der Waals surface area contributed by atoms with Crippen LogP contribution >= 0.6 is 22.6 Å². The van der Waals surface area contributed by atoms with E-state index in [0.29, 0.717) is 11.8 Å². The maximum Gasteiger partial charge on any atom is 0.137 e. The number of rotatable bonds is 2. The van der Waals surface area contributed by atoms with Crippen molar-refractivity contribution in [2.45, 2.75) is 39.2 Å². The number of benzene rings is 1. The lowest BCUT2D eigenvalue weighted by atomic mass is 9.84. The number of hydrogen-bond acceptors (Lipinski definition) is 2. The summed E-state index contributed by atoms with van der Waals surface area (Å²) in [6.45, 7) is 4.16. The Morgan fingerprint density at radius 3 is 2.94 bits per heavy atom. The van der Waals surface area contributed by atoms with Gasteiger partial charge in [-0.3, -0.25) is 4.79 Å². The minimum atomic E-state index is 0.139. The van der Waals surface area contributed by atoms with Crippen molar-refractivity contribution in [2.24, 2.45) is 5.92 Å². The zero-order chi connectivity index (χ0) is 12.4. The number of ketones is 1. The zero-order valence-corrected chi connectivity index (χ0v) is 12.5. The average Bonchev–Trinajstić information content (AvgIpc) is 2.31. The van der Waals surface area contributed by atoms with E-state index in [9.17, 15) is 4.79 Å². The van der Waals surface area contributed by atoms with Gasteiger partial charge in [-0.25, -0.2) is 0 Å². The number of halogens is 1. The quantitative estimate of drug-likeness (QED) is 0.829. The van der Waals surface area contributed by atoms with Gasteiger partial charge in [-0.1, -0.05) is 19.1 Å². The fourth-order valence-electron chi connectivity index (χ4n) is 2.35. The molecule has 0 amide bonds. The number of carbonyl (C=O) groups excluding carboxylic acids is 1. The Morgan fingerprint density at radius 2 is 2.18 bits per heavy atom. The van der Waals surface area contributed by atoms with Gasteiger partial charge in [0.2, 0.25) is 0 Å². The first-order valence-electron chi connectivity index (χ1n) is 6.14. The van der Waals surface area contributed by atoms with Crippen LogP contribution in [-0.4, -0.2) is 11.8 Å². The molecule has 0 aromatic heterocycles. The highest BCUT2D eigenvalue weighted by atomic mass is 127. The first-order valence-corrected chi connectivity index (χ1v) is 7.22. The minimum Gasteiger partial charge on any atom is -0.381 e. The van der Waals surface area contributed by atoms with Gasteiger partial charge in [0.15, 0.2) is 0 Å². The van der Waals surface area contributed by atoms with Crippen LogP contribution in [0.15, 0.2) is 18.2 Å². The Bertz CT molecular complexity index is 430. The topological polar surface area (TPSA) is 29.1 Å². The summed E-state index contributed by atoms with van der Waals surface area (Å²) in [5.74, 6) is 0.538. The highest BCUT2D eigenvalue weighted by Gasteiger charge is 2.28. The smallest absolute Gasteiger partial charge is 0.137 e. The molecule has 1 aliphatic carbocycles. The second-order valence-electron chi connectivity index (χ2n) is 4.83. The van der Waals surface area contributed by atoms with Crippen molar-refractivity contribution < 1.29 is 4.79 Å². The molecule has 2 atom stereocenters. The molecule has 1 aromatic rings. The molecule has 1 fully saturated rings. The molecule has 1 saturated carbocycles. The van der Waals surface area contributed by atoms with Crippen molar-refractivity contribution in [3.8, 4) is 0 Å². The molecule has 2 nitrogen and oxygen atoms in total. The van der Waals surface area contributed by atoms with Crippen LogP contribution in [0.2, 0.25) is 0 Å². The van der Waals surface area contributed by atoms with E-state index in [1.165, 1.54) is 9.13 Å². The first kappa shape index (κ1) is 12.9. The van der Waals surface area contributed by atoms with E-state index in [0.717, 1.165) is 24.9 Å². The molecule has 0 bridgehead atoms. The van der Waals surface area contributed by atoms with Crippen molar-refractivity contribution in [3.63, 3.8) is 0 Å². The van der Waals surface area contributed by atoms with Crippen LogP contribution in [0, 0.1) is 16.4 Å². The van der Waals surface area contributed by atoms with Gasteiger partial charge < -0.3 is 5.32 Å². The van der Waals surface area contributed by atoms with Gasteiger partial charge in [-0.05, 0) is 54.0 Å². The molecule has 0 aliphatic heterocycles. The number of hydrogen-bond donors (Lipinski definition) is 1. The van der Waals surface area contributed by atoms with Crippen molar-refractivity contribution in [1.82, 2.24) is 0 Å². The predicted molar refractivity (Wildman–Crippen MR) is 79.3 cm³/mol. The molecule has 17 heavy (non-hydrogen) atoms. The molecule has 2 rings (SSSR count). The largest absolute Gasteiger partial charge is 0.381 e. The van der Waals surface area contributed by atoms with Gasteiger partial charge in [0.25, 0.3) is 0 Å². The molecular weight excluding hydrogens is 325 g/mol. The summed E-state index contributed by atoms with van der Waals surface area (Å²) in [6.07, 6.45) is 2.87. The van der Waals surface area contributed by atoms with Crippen LogP contribution in [0.25, 0.3) is 0 Å². The lowest BCUT2D eigenvalue weighted by Gasteiger charge is -2.29. The van der Waals surface area contributed by atoms with Crippen LogP contribution in [0.1, 0.15) is 31.7 Å². The normalized spacial score (nSPS) is 24.8. The fraction of sp³-hybridized carbons (Fsp3) is 0.500. The van der Waals surface area contributed by atoms with Gasteiger partial charge >= 0.3 is 0 Å². The highest BCUT2D eigenvalue weighted by molar-refractivity contribution is 14.1. The summed E-state index contributed by atoms with van der Waals surface area (Å²) >= 11 is 2.37. The predicted octanol–water partition coefficient (Wildman–Crippen LogP) is 3.77. The molecule has 1 aromatic carbocycles. The van der Waals surface area contributed by atoms with Crippen LogP contribution < -0.4 is 5.32 Å². The van der Waals surface area contributed by atoms with Crippen LogP contribution in [0.5, 0.6) is 0 Å². The Balaban J connectivity index is 2.15. The summed E-state index contributed by atoms with van der Waals surface area (Å²) in [4.78, 5) is 11.7. The highest BCUT2D eigenvalue weighted by Crippen LogP contribution is 2.28. The van der Waals surface area contributed by atoms with Crippen LogP contribution in [0.4, 0.5) is 5.69 Å². The second-order valence-corrected chi connectivity index (χ2v) is 5.91. The van der Waals surface area contributed by atoms with Crippen molar-refractivity contribution in [3.05, 3.63) is 27.3 Å². The van der Waals surface area contributed by atoms with Crippen molar-refractivity contribution >= 4 is 34.1 Å². The lowest BCUT2D eigenvalue weighted by molar-refractivity contribution is -0.124. The molecule has 3 heteroatoms. The van der Waals surface area contributed by atoms with Crippen LogP contribution in [-0.2, 0) is 4.79 Å². The zero-order valence-electron chi connectivity index (χ0n) is 10.3. The summed E-state index contributed by atoms with van der Waals surface area (Å²) < 4.78 is 1.26. The van der Waals surface area contributed by atoms with E-state index in [2.05, 4.69) is 53.0 Å². The fourth-order valence-corrected chi connectivity index (χ4v) is 2.87. The third-order valence-corrected chi connectivity index (χ3v) is 5.01. The minimum absolute atomic E-state index is 0.139. The molecule has 2 unspecified atom stereocenters. The Labute approximate surface area is 116 Å². The van der Waals surface area contributed by atoms with E-state index in [1.54, 1.807) is 0 Å². The van der Waals surface area contributed by atoms with E-state index in [1.807, 2.05) is 6.92 Å². The van der Waals surface area contributed by atoms with Gasteiger partial charge in [-0.15, -0.1) is 0 Å². The van der Waals surface area contributed by atoms with Crippen molar-refractivity contribution in [2.75, 3.05) is 5.32 Å². The maximum atomic E-state index is 11.7. The van der Waals surface area contributed by atoms with Crippen molar-refractivity contribution in [1.29, 1.82) is 0 Å². The van der Waals surface area contributed by atoms with Gasteiger partial charge in [0.1, 0.15) is 5.78 Å². The maximum absolute atomic E-state index is 11.7. The van der Waals surface area contributed by atoms with Gasteiger partial charge in [0, 0.05) is 27.6 Å². The molecule has 1 N–H and O–H groups in total. The number of nitrogens with one attached hydrogen (secondary N) is 1.